The lowest BCUT2D eigenvalue weighted by atomic mass is 10.1. The summed E-state index contributed by atoms with van der Waals surface area (Å²) >= 11 is 18.8. The summed E-state index contributed by atoms with van der Waals surface area (Å²) in [4.78, 5) is 14.4. The zero-order valence-corrected chi connectivity index (χ0v) is 17.3. The second-order valence-corrected chi connectivity index (χ2v) is 8.13. The number of nitrogens with zero attached hydrogens (tertiary/aromatic N) is 1. The fraction of sp³-hybridized carbons (Fsp3) is 0.158. The molecule has 27 heavy (non-hydrogen) atoms. The molecule has 2 aromatic rings. The first-order valence-electron chi connectivity index (χ1n) is 8.01. The Morgan fingerprint density at radius 2 is 2.04 bits per heavy atom. The predicted octanol–water partition coefficient (Wildman–Crippen LogP) is 5.93. The molecule has 0 aromatic heterocycles. The summed E-state index contributed by atoms with van der Waals surface area (Å²) in [7, 11) is 0. The largest absolute Gasteiger partial charge is 0.487 e. The van der Waals surface area contributed by atoms with E-state index < -0.39 is 0 Å². The maximum atomic E-state index is 13.8. The van der Waals surface area contributed by atoms with Crippen LogP contribution in [0.4, 0.5) is 4.39 Å². The number of halogens is 3. The third kappa shape index (κ3) is 4.46. The van der Waals surface area contributed by atoms with Crippen LogP contribution in [0.2, 0.25) is 10.0 Å². The highest BCUT2D eigenvalue weighted by Crippen LogP contribution is 2.38. The summed E-state index contributed by atoms with van der Waals surface area (Å²) < 4.78 is 20.1. The van der Waals surface area contributed by atoms with Gasteiger partial charge < -0.3 is 4.74 Å². The van der Waals surface area contributed by atoms with E-state index in [1.54, 1.807) is 30.3 Å². The summed E-state index contributed by atoms with van der Waals surface area (Å²) in [6.45, 7) is 2.34. The van der Waals surface area contributed by atoms with E-state index in [1.807, 2.05) is 6.92 Å². The lowest BCUT2D eigenvalue weighted by Crippen LogP contribution is -2.27. The fourth-order valence-corrected chi connectivity index (χ4v) is 4.46. The van der Waals surface area contributed by atoms with Crippen LogP contribution in [0.15, 0.2) is 41.3 Å². The molecule has 0 aliphatic carbocycles. The molecule has 8 heteroatoms. The van der Waals surface area contributed by atoms with Crippen LogP contribution in [0.3, 0.4) is 0 Å². The first kappa shape index (κ1) is 20.1. The molecular formula is C19H14Cl2FNO2S2. The molecule has 1 fully saturated rings. The highest BCUT2D eigenvalue weighted by Gasteiger charge is 2.31. The Hall–Kier alpha value is -1.60. The van der Waals surface area contributed by atoms with Crippen LogP contribution >= 0.6 is 47.2 Å². The minimum atomic E-state index is -0.368. The zero-order chi connectivity index (χ0) is 19.6. The summed E-state index contributed by atoms with van der Waals surface area (Å²) in [6, 6.07) is 9.50. The predicted molar refractivity (Wildman–Crippen MR) is 113 cm³/mol. The van der Waals surface area contributed by atoms with Gasteiger partial charge in [-0.25, -0.2) is 4.39 Å². The molecule has 0 unspecified atom stereocenters. The van der Waals surface area contributed by atoms with Gasteiger partial charge in [0.05, 0.1) is 9.93 Å². The number of benzene rings is 2. The third-order valence-electron chi connectivity index (χ3n) is 3.84. The first-order chi connectivity index (χ1) is 12.9. The topological polar surface area (TPSA) is 29.5 Å². The molecule has 0 N–H and O–H groups in total. The minimum Gasteiger partial charge on any atom is -0.487 e. The van der Waals surface area contributed by atoms with Crippen molar-refractivity contribution in [3.05, 3.63) is 68.3 Å². The van der Waals surface area contributed by atoms with Crippen molar-refractivity contribution in [3.63, 3.8) is 0 Å². The van der Waals surface area contributed by atoms with Gasteiger partial charge in [-0.15, -0.1) is 0 Å². The van der Waals surface area contributed by atoms with Crippen LogP contribution in [0.5, 0.6) is 5.75 Å². The number of rotatable bonds is 5. The number of carbonyl (C=O) groups excluding carboxylic acids is 1. The van der Waals surface area contributed by atoms with Crippen LogP contribution in [-0.2, 0) is 11.4 Å². The number of hydrogen-bond donors (Lipinski definition) is 0. The van der Waals surface area contributed by atoms with Crippen molar-refractivity contribution in [2.45, 2.75) is 13.5 Å². The number of hydrogen-bond acceptors (Lipinski definition) is 4. The van der Waals surface area contributed by atoms with E-state index in [1.165, 1.54) is 28.8 Å². The Labute approximate surface area is 176 Å². The van der Waals surface area contributed by atoms with E-state index >= 15 is 0 Å². The molecule has 0 spiro atoms. The Balaban J connectivity index is 1.94. The molecule has 0 atom stereocenters. The van der Waals surface area contributed by atoms with Crippen LogP contribution in [-0.4, -0.2) is 21.7 Å². The second-order valence-electron chi connectivity index (χ2n) is 5.61. The lowest BCUT2D eigenvalue weighted by molar-refractivity contribution is -0.121. The average molecular weight is 442 g/mol. The molecule has 140 valence electrons. The third-order valence-corrected chi connectivity index (χ3v) is 5.72. The number of carbonyl (C=O) groups is 1. The Morgan fingerprint density at radius 1 is 1.30 bits per heavy atom. The number of likely N-dealkylation sites (N-methyl/N-ethyl adjacent to an activating group) is 1. The monoisotopic (exact) mass is 441 g/mol. The normalized spacial score (nSPS) is 15.7. The number of thioether (sulfide) groups is 1. The Bertz CT molecular complexity index is 949. The molecule has 1 aliphatic heterocycles. The molecule has 2 aromatic carbocycles. The number of ether oxygens (including phenoxy) is 1. The van der Waals surface area contributed by atoms with E-state index in [0.717, 1.165) is 0 Å². The lowest BCUT2D eigenvalue weighted by Gasteiger charge is -2.13. The standard InChI is InChI=1S/C19H14Cl2FNO2S2/c1-2-23-18(24)16(27-19(23)26)8-12-7-13(20)9-14(21)17(12)25-10-11-5-3-4-6-15(11)22/h3-9H,2,10H2,1H3/b16-8+. The zero-order valence-electron chi connectivity index (χ0n) is 14.2. The Morgan fingerprint density at radius 3 is 2.70 bits per heavy atom. The molecule has 1 amide bonds. The van der Waals surface area contributed by atoms with Gasteiger partial charge in [0, 0.05) is 22.7 Å². The van der Waals surface area contributed by atoms with Crippen LogP contribution < -0.4 is 4.74 Å². The van der Waals surface area contributed by atoms with Gasteiger partial charge in [0.15, 0.2) is 0 Å². The van der Waals surface area contributed by atoms with Gasteiger partial charge in [-0.3, -0.25) is 9.69 Å². The summed E-state index contributed by atoms with van der Waals surface area (Å²) in [5.41, 5.74) is 0.923. The van der Waals surface area contributed by atoms with E-state index in [2.05, 4.69) is 0 Å². The van der Waals surface area contributed by atoms with Crippen LogP contribution in [0, 0.1) is 5.82 Å². The molecule has 3 nitrogen and oxygen atoms in total. The van der Waals surface area contributed by atoms with Gasteiger partial charge >= 0.3 is 0 Å². The van der Waals surface area contributed by atoms with Crippen LogP contribution in [0.25, 0.3) is 6.08 Å². The minimum absolute atomic E-state index is 0.00914. The molecule has 1 aliphatic rings. The molecule has 0 saturated carbocycles. The van der Waals surface area contributed by atoms with E-state index in [-0.39, 0.29) is 23.4 Å². The highest BCUT2D eigenvalue weighted by atomic mass is 35.5. The SMILES string of the molecule is CCN1C(=O)/C(=C\c2cc(Cl)cc(Cl)c2OCc2ccccc2F)SC1=S. The molecule has 1 saturated heterocycles. The molecule has 0 radical (unpaired) electrons. The van der Waals surface area contributed by atoms with Crippen LogP contribution in [0.1, 0.15) is 18.1 Å². The summed E-state index contributed by atoms with van der Waals surface area (Å²) in [5, 5.41) is 0.673. The smallest absolute Gasteiger partial charge is 0.266 e. The van der Waals surface area contributed by atoms with Crippen molar-refractivity contribution in [1.82, 2.24) is 4.90 Å². The quantitative estimate of drug-likeness (QED) is 0.424. The fourth-order valence-electron chi connectivity index (χ4n) is 2.52. The maximum absolute atomic E-state index is 13.8. The summed E-state index contributed by atoms with van der Waals surface area (Å²) in [6.07, 6.45) is 1.64. The molecule has 1 heterocycles. The van der Waals surface area contributed by atoms with Crippen molar-refractivity contribution < 1.29 is 13.9 Å². The van der Waals surface area contributed by atoms with Crippen molar-refractivity contribution in [2.24, 2.45) is 0 Å². The maximum Gasteiger partial charge on any atom is 0.266 e. The van der Waals surface area contributed by atoms with Crippen molar-refractivity contribution >= 4 is 63.5 Å². The van der Waals surface area contributed by atoms with Crippen molar-refractivity contribution in [2.75, 3.05) is 6.54 Å². The van der Waals surface area contributed by atoms with Crippen molar-refractivity contribution in [1.29, 1.82) is 0 Å². The van der Waals surface area contributed by atoms with Gasteiger partial charge in [-0.05, 0) is 31.2 Å². The van der Waals surface area contributed by atoms with E-state index in [0.29, 0.717) is 37.7 Å². The Kier molecular flexibility index (Phi) is 6.42. The number of amides is 1. The van der Waals surface area contributed by atoms with Gasteiger partial charge in [0.2, 0.25) is 0 Å². The average Bonchev–Trinajstić information content (AvgIpc) is 2.88. The second kappa shape index (κ2) is 8.61. The van der Waals surface area contributed by atoms with Gasteiger partial charge in [-0.1, -0.05) is 65.4 Å². The molecule has 3 rings (SSSR count). The first-order valence-corrected chi connectivity index (χ1v) is 9.99. The molecular weight excluding hydrogens is 428 g/mol. The van der Waals surface area contributed by atoms with Gasteiger partial charge in [-0.2, -0.15) is 0 Å². The van der Waals surface area contributed by atoms with Gasteiger partial charge in [0.1, 0.15) is 22.5 Å². The highest BCUT2D eigenvalue weighted by molar-refractivity contribution is 8.26. The molecule has 0 bridgehead atoms. The van der Waals surface area contributed by atoms with Gasteiger partial charge in [0.25, 0.3) is 5.91 Å². The number of thiocarbonyl (C=S) groups is 1. The van der Waals surface area contributed by atoms with E-state index in [4.69, 9.17) is 40.2 Å². The van der Waals surface area contributed by atoms with Crippen molar-refractivity contribution in [3.8, 4) is 5.75 Å². The van der Waals surface area contributed by atoms with E-state index in [9.17, 15) is 9.18 Å². The summed E-state index contributed by atoms with van der Waals surface area (Å²) in [5.74, 6) is -0.220.